The third kappa shape index (κ3) is 2.86. The number of benzene rings is 1. The van der Waals surface area contributed by atoms with E-state index >= 15 is 0 Å². The Morgan fingerprint density at radius 3 is 2.61 bits per heavy atom. The molecule has 2 atom stereocenters. The summed E-state index contributed by atoms with van der Waals surface area (Å²) in [5.41, 5.74) is 1.89. The van der Waals surface area contributed by atoms with Crippen LogP contribution in [-0.4, -0.2) is 36.0 Å². The molecule has 1 aromatic carbocycles. The summed E-state index contributed by atoms with van der Waals surface area (Å²) in [5, 5.41) is 4.62. The Bertz CT molecular complexity index is 715. The van der Waals surface area contributed by atoms with Crippen LogP contribution >= 0.6 is 12.4 Å². The molecule has 5 heteroatoms. The summed E-state index contributed by atoms with van der Waals surface area (Å²) in [5.74, 6) is 0.458. The Labute approximate surface area is 142 Å². The first-order valence-corrected chi connectivity index (χ1v) is 8.14. The predicted molar refractivity (Wildman–Crippen MR) is 93.3 cm³/mol. The number of amides is 1. The average molecular weight is 335 g/mol. The van der Waals surface area contributed by atoms with Gasteiger partial charge in [0.1, 0.15) is 5.58 Å². The van der Waals surface area contributed by atoms with Crippen molar-refractivity contribution in [1.29, 1.82) is 0 Å². The molecule has 4 nitrogen and oxygen atoms in total. The van der Waals surface area contributed by atoms with Crippen molar-refractivity contribution in [3.63, 3.8) is 0 Å². The lowest BCUT2D eigenvalue weighted by Crippen LogP contribution is -2.48. The van der Waals surface area contributed by atoms with Crippen LogP contribution in [-0.2, 0) is 0 Å². The molecule has 2 saturated heterocycles. The van der Waals surface area contributed by atoms with Gasteiger partial charge in [-0.2, -0.15) is 0 Å². The van der Waals surface area contributed by atoms with Crippen LogP contribution in [0.25, 0.3) is 11.0 Å². The van der Waals surface area contributed by atoms with E-state index < -0.39 is 0 Å². The van der Waals surface area contributed by atoms with E-state index in [0.717, 1.165) is 29.4 Å². The zero-order valence-electron chi connectivity index (χ0n) is 13.5. The van der Waals surface area contributed by atoms with Crippen molar-refractivity contribution >= 4 is 29.3 Å². The van der Waals surface area contributed by atoms with Crippen LogP contribution in [0, 0.1) is 6.92 Å². The number of piperidine rings is 1. The van der Waals surface area contributed by atoms with Crippen molar-refractivity contribution in [1.82, 2.24) is 10.2 Å². The number of hydrogen-bond acceptors (Lipinski definition) is 3. The molecule has 2 aliphatic rings. The van der Waals surface area contributed by atoms with Crippen molar-refractivity contribution in [2.75, 3.05) is 7.05 Å². The maximum absolute atomic E-state index is 12.8. The normalized spacial score (nSPS) is 26.1. The molecule has 4 rings (SSSR count). The summed E-state index contributed by atoms with van der Waals surface area (Å²) in [6.07, 6.45) is 4.59. The summed E-state index contributed by atoms with van der Waals surface area (Å²) < 4.78 is 5.84. The van der Waals surface area contributed by atoms with Crippen molar-refractivity contribution in [3.8, 4) is 0 Å². The molecule has 2 bridgehead atoms. The zero-order chi connectivity index (χ0) is 15.3. The number of carbonyl (C=O) groups excluding carboxylic acids is 1. The topological polar surface area (TPSA) is 45.5 Å². The maximum Gasteiger partial charge on any atom is 0.289 e. The number of nitrogens with one attached hydrogen (secondary N) is 1. The minimum atomic E-state index is 0. The van der Waals surface area contributed by atoms with Gasteiger partial charge in [-0.25, -0.2) is 0 Å². The van der Waals surface area contributed by atoms with Crippen LogP contribution in [0.4, 0.5) is 0 Å². The monoisotopic (exact) mass is 334 g/mol. The Hall–Kier alpha value is -1.52. The second-order valence-electron chi connectivity index (χ2n) is 6.78. The third-order valence-electron chi connectivity index (χ3n) is 5.27. The molecule has 3 heterocycles. The molecule has 2 fully saturated rings. The van der Waals surface area contributed by atoms with Gasteiger partial charge in [0, 0.05) is 30.6 Å². The number of hydrogen-bond donors (Lipinski definition) is 1. The van der Waals surface area contributed by atoms with E-state index in [2.05, 4.69) is 5.32 Å². The number of rotatable bonds is 2. The lowest BCUT2D eigenvalue weighted by atomic mass is 9.98. The number of nitrogens with zero attached hydrogens (tertiary/aromatic N) is 1. The molecule has 0 aliphatic carbocycles. The first-order valence-electron chi connectivity index (χ1n) is 8.14. The number of carbonyl (C=O) groups is 1. The molecule has 2 aromatic rings. The first kappa shape index (κ1) is 16.3. The van der Waals surface area contributed by atoms with Gasteiger partial charge in [-0.3, -0.25) is 4.79 Å². The summed E-state index contributed by atoms with van der Waals surface area (Å²) in [6.45, 7) is 2.01. The van der Waals surface area contributed by atoms with E-state index in [0.29, 0.717) is 23.9 Å². The van der Waals surface area contributed by atoms with Crippen LogP contribution < -0.4 is 5.32 Å². The molecule has 1 aromatic heterocycles. The SMILES string of the molecule is Cc1cccc2cc(C(=O)N(C)C3CC4CCC(C3)N4)oc12.Cl. The number of para-hydroxylation sites is 1. The number of furan rings is 1. The van der Waals surface area contributed by atoms with Gasteiger partial charge in [-0.15, -0.1) is 12.4 Å². The fourth-order valence-electron chi connectivity index (χ4n) is 4.00. The van der Waals surface area contributed by atoms with E-state index in [1.807, 2.05) is 43.1 Å². The third-order valence-corrected chi connectivity index (χ3v) is 5.27. The van der Waals surface area contributed by atoms with E-state index in [4.69, 9.17) is 4.42 Å². The highest BCUT2D eigenvalue weighted by molar-refractivity contribution is 5.96. The van der Waals surface area contributed by atoms with Gasteiger partial charge in [0.2, 0.25) is 0 Å². The molecule has 0 spiro atoms. The van der Waals surface area contributed by atoms with Crippen molar-refractivity contribution in [2.45, 2.75) is 50.7 Å². The van der Waals surface area contributed by atoms with E-state index in [1.54, 1.807) is 0 Å². The van der Waals surface area contributed by atoms with E-state index in [-0.39, 0.29) is 18.3 Å². The lowest BCUT2D eigenvalue weighted by molar-refractivity contribution is 0.0652. The van der Waals surface area contributed by atoms with Gasteiger partial charge >= 0.3 is 0 Å². The molecule has 0 radical (unpaired) electrons. The van der Waals surface area contributed by atoms with Crippen molar-refractivity contribution in [2.24, 2.45) is 0 Å². The highest BCUT2D eigenvalue weighted by Crippen LogP contribution is 2.30. The van der Waals surface area contributed by atoms with Gasteiger partial charge in [0.15, 0.2) is 5.76 Å². The highest BCUT2D eigenvalue weighted by Gasteiger charge is 2.37. The molecule has 2 unspecified atom stereocenters. The molecule has 0 saturated carbocycles. The quantitative estimate of drug-likeness (QED) is 0.914. The smallest absolute Gasteiger partial charge is 0.289 e. The van der Waals surface area contributed by atoms with Gasteiger partial charge in [-0.05, 0) is 44.2 Å². The summed E-state index contributed by atoms with van der Waals surface area (Å²) >= 11 is 0. The molecule has 124 valence electrons. The minimum absolute atomic E-state index is 0. The largest absolute Gasteiger partial charge is 0.451 e. The van der Waals surface area contributed by atoms with Crippen LogP contribution in [0.5, 0.6) is 0 Å². The van der Waals surface area contributed by atoms with Crippen LogP contribution in [0.15, 0.2) is 28.7 Å². The van der Waals surface area contributed by atoms with Crippen molar-refractivity contribution in [3.05, 3.63) is 35.6 Å². The highest BCUT2D eigenvalue weighted by atomic mass is 35.5. The molecular weight excluding hydrogens is 312 g/mol. The van der Waals surface area contributed by atoms with Gasteiger partial charge in [0.25, 0.3) is 5.91 Å². The fourth-order valence-corrected chi connectivity index (χ4v) is 4.00. The van der Waals surface area contributed by atoms with Crippen LogP contribution in [0.3, 0.4) is 0 Å². The van der Waals surface area contributed by atoms with E-state index in [1.165, 1.54) is 12.8 Å². The number of halogens is 1. The molecular formula is C18H23ClN2O2. The summed E-state index contributed by atoms with van der Waals surface area (Å²) in [7, 11) is 1.91. The fraction of sp³-hybridized carbons (Fsp3) is 0.500. The first-order chi connectivity index (χ1) is 10.6. The summed E-state index contributed by atoms with van der Waals surface area (Å²) in [6, 6.07) is 9.35. The van der Waals surface area contributed by atoms with Gasteiger partial charge < -0.3 is 14.6 Å². The van der Waals surface area contributed by atoms with Gasteiger partial charge in [0.05, 0.1) is 0 Å². The van der Waals surface area contributed by atoms with E-state index in [9.17, 15) is 4.79 Å². The number of fused-ring (bicyclic) bond motifs is 3. The maximum atomic E-state index is 12.8. The second-order valence-corrected chi connectivity index (χ2v) is 6.78. The Morgan fingerprint density at radius 1 is 1.26 bits per heavy atom. The Morgan fingerprint density at radius 2 is 1.96 bits per heavy atom. The number of aryl methyl sites for hydroxylation is 1. The molecule has 1 N–H and O–H groups in total. The lowest BCUT2D eigenvalue weighted by Gasteiger charge is -2.35. The van der Waals surface area contributed by atoms with Crippen molar-refractivity contribution < 1.29 is 9.21 Å². The molecule has 1 amide bonds. The minimum Gasteiger partial charge on any atom is -0.451 e. The zero-order valence-corrected chi connectivity index (χ0v) is 14.4. The second kappa shape index (κ2) is 6.17. The molecule has 2 aliphatic heterocycles. The Kier molecular flexibility index (Phi) is 4.39. The average Bonchev–Trinajstić information content (AvgIpc) is 3.10. The predicted octanol–water partition coefficient (Wildman–Crippen LogP) is 3.52. The van der Waals surface area contributed by atoms with Crippen LogP contribution in [0.2, 0.25) is 0 Å². The van der Waals surface area contributed by atoms with Crippen LogP contribution in [0.1, 0.15) is 41.8 Å². The summed E-state index contributed by atoms with van der Waals surface area (Å²) in [4.78, 5) is 14.7. The standard InChI is InChI=1S/C18H22N2O2.ClH/c1-11-4-3-5-12-8-16(22-17(11)12)18(21)20(2)15-9-13-6-7-14(10-15)19-13;/h3-5,8,13-15,19H,6-7,9-10H2,1-2H3;1H. The van der Waals surface area contributed by atoms with Gasteiger partial charge in [-0.1, -0.05) is 18.2 Å². The molecule has 23 heavy (non-hydrogen) atoms. The Balaban J connectivity index is 0.00000156.